The molecule has 1 aliphatic heterocycles. The number of carbonyl (C=O) groups excluding carboxylic acids is 2. The summed E-state index contributed by atoms with van der Waals surface area (Å²) >= 11 is 0. The van der Waals surface area contributed by atoms with Crippen molar-refractivity contribution in [3.8, 4) is 0 Å². The van der Waals surface area contributed by atoms with E-state index in [9.17, 15) is 9.59 Å². The fourth-order valence-electron chi connectivity index (χ4n) is 1.28. The largest absolute Gasteiger partial charge is 0.434 e. The van der Waals surface area contributed by atoms with Gasteiger partial charge < -0.3 is 10.1 Å². The number of carbonyl (C=O) groups is 2. The average molecular weight is 225 g/mol. The third-order valence-electron chi connectivity index (χ3n) is 2.38. The van der Waals surface area contributed by atoms with Crippen molar-refractivity contribution >= 4 is 11.8 Å². The molecule has 0 atom stereocenters. The van der Waals surface area contributed by atoms with Gasteiger partial charge in [0.05, 0.1) is 5.41 Å². The number of ketones is 1. The van der Waals surface area contributed by atoms with Gasteiger partial charge >= 0.3 is 5.97 Å². The minimum atomic E-state index is -0.539. The van der Waals surface area contributed by atoms with Crippen molar-refractivity contribution in [1.29, 1.82) is 0 Å². The second-order valence-corrected chi connectivity index (χ2v) is 4.97. The number of ether oxygens (including phenoxy) is 1. The van der Waals surface area contributed by atoms with Gasteiger partial charge in [-0.25, -0.2) is 0 Å². The van der Waals surface area contributed by atoms with Crippen LogP contribution < -0.4 is 5.32 Å². The topological polar surface area (TPSA) is 55.4 Å². The number of hydrogen-bond donors (Lipinski definition) is 1. The Morgan fingerprint density at radius 1 is 1.31 bits per heavy atom. The molecule has 0 saturated carbocycles. The van der Waals surface area contributed by atoms with Crippen LogP contribution in [-0.4, -0.2) is 24.8 Å². The van der Waals surface area contributed by atoms with E-state index < -0.39 is 5.41 Å². The lowest BCUT2D eigenvalue weighted by Crippen LogP contribution is -2.21. The van der Waals surface area contributed by atoms with E-state index in [0.29, 0.717) is 25.0 Å². The summed E-state index contributed by atoms with van der Waals surface area (Å²) in [5, 5.41) is 3.12. The zero-order valence-electron chi connectivity index (χ0n) is 10.1. The lowest BCUT2D eigenvalue weighted by atomic mass is 9.97. The second-order valence-electron chi connectivity index (χ2n) is 4.97. The smallest absolute Gasteiger partial charge is 0.316 e. The van der Waals surface area contributed by atoms with Crippen LogP contribution in [0.1, 0.15) is 33.6 Å². The molecule has 0 spiro atoms. The Morgan fingerprint density at radius 2 is 1.94 bits per heavy atom. The maximum absolute atomic E-state index is 11.6. The highest BCUT2D eigenvalue weighted by atomic mass is 16.5. The van der Waals surface area contributed by atoms with E-state index in [1.165, 1.54) is 6.26 Å². The van der Waals surface area contributed by atoms with E-state index in [1.54, 1.807) is 20.8 Å². The molecule has 4 nitrogen and oxygen atoms in total. The first-order valence-electron chi connectivity index (χ1n) is 5.55. The maximum atomic E-state index is 11.6. The molecule has 1 fully saturated rings. The van der Waals surface area contributed by atoms with Crippen LogP contribution in [0.2, 0.25) is 0 Å². The summed E-state index contributed by atoms with van der Waals surface area (Å²) < 4.78 is 5.02. The highest BCUT2D eigenvalue weighted by Crippen LogP contribution is 2.16. The first-order chi connectivity index (χ1) is 7.41. The number of hydrogen-bond acceptors (Lipinski definition) is 4. The third-order valence-corrected chi connectivity index (χ3v) is 2.38. The van der Waals surface area contributed by atoms with Gasteiger partial charge in [0.1, 0.15) is 6.26 Å². The molecule has 1 heterocycles. The van der Waals surface area contributed by atoms with Crippen molar-refractivity contribution in [2.24, 2.45) is 5.41 Å². The van der Waals surface area contributed by atoms with Crippen molar-refractivity contribution in [2.75, 3.05) is 13.1 Å². The lowest BCUT2D eigenvalue weighted by Gasteiger charge is -2.14. The van der Waals surface area contributed by atoms with Crippen LogP contribution in [0, 0.1) is 5.41 Å². The molecule has 0 unspecified atom stereocenters. The average Bonchev–Trinajstić information content (AvgIpc) is 2.38. The molecule has 90 valence electrons. The van der Waals surface area contributed by atoms with Crippen LogP contribution in [0.25, 0.3) is 0 Å². The Bertz CT molecular complexity index is 313. The van der Waals surface area contributed by atoms with E-state index in [0.717, 1.165) is 6.54 Å². The van der Waals surface area contributed by atoms with Crippen molar-refractivity contribution in [1.82, 2.24) is 5.32 Å². The second kappa shape index (κ2) is 5.25. The zero-order valence-corrected chi connectivity index (χ0v) is 10.1. The fraction of sp³-hybridized carbons (Fsp3) is 0.667. The molecular weight excluding hydrogens is 206 g/mol. The molecule has 1 rings (SSSR count). The molecule has 0 aliphatic carbocycles. The van der Waals surface area contributed by atoms with E-state index in [2.05, 4.69) is 5.32 Å². The molecule has 0 radical (unpaired) electrons. The van der Waals surface area contributed by atoms with Gasteiger partial charge in [-0.3, -0.25) is 9.59 Å². The molecular formula is C12H19NO3. The number of Topliss-reactive ketones (excluding diaryl/α,β-unsaturated/α-hetero) is 1. The van der Waals surface area contributed by atoms with Gasteiger partial charge in [0.2, 0.25) is 0 Å². The summed E-state index contributed by atoms with van der Waals surface area (Å²) in [6, 6.07) is 0. The van der Waals surface area contributed by atoms with Gasteiger partial charge in [0.15, 0.2) is 5.78 Å². The van der Waals surface area contributed by atoms with Gasteiger partial charge in [-0.05, 0) is 33.7 Å². The Balaban J connectivity index is 2.62. The van der Waals surface area contributed by atoms with E-state index >= 15 is 0 Å². The van der Waals surface area contributed by atoms with Gasteiger partial charge in [-0.2, -0.15) is 0 Å². The Labute approximate surface area is 96.0 Å². The minimum absolute atomic E-state index is 0.0618. The first kappa shape index (κ1) is 12.9. The van der Waals surface area contributed by atoms with Crippen molar-refractivity contribution in [3.05, 3.63) is 11.8 Å². The SMILES string of the molecule is CC(C)(C)C(=O)OC=C1CCNCCC1=O. The molecule has 0 amide bonds. The predicted octanol–water partition coefficient (Wildman–Crippen LogP) is 1.41. The van der Waals surface area contributed by atoms with E-state index in [1.807, 2.05) is 0 Å². The molecule has 4 heteroatoms. The van der Waals surface area contributed by atoms with Crippen molar-refractivity contribution < 1.29 is 14.3 Å². The van der Waals surface area contributed by atoms with Gasteiger partial charge in [-0.15, -0.1) is 0 Å². The number of rotatable bonds is 1. The molecule has 0 aromatic heterocycles. The Morgan fingerprint density at radius 3 is 2.56 bits per heavy atom. The molecule has 1 N–H and O–H groups in total. The number of esters is 1. The normalized spacial score (nSPS) is 20.7. The summed E-state index contributed by atoms with van der Waals surface area (Å²) in [6.45, 7) is 6.80. The molecule has 1 aliphatic rings. The monoisotopic (exact) mass is 225 g/mol. The predicted molar refractivity (Wildman–Crippen MR) is 60.7 cm³/mol. The summed E-state index contributed by atoms with van der Waals surface area (Å²) in [7, 11) is 0. The van der Waals surface area contributed by atoms with Gasteiger partial charge in [0.25, 0.3) is 0 Å². The van der Waals surface area contributed by atoms with Crippen LogP contribution in [0.5, 0.6) is 0 Å². The molecule has 1 saturated heterocycles. The first-order valence-corrected chi connectivity index (χ1v) is 5.55. The van der Waals surface area contributed by atoms with Crippen LogP contribution >= 0.6 is 0 Å². The van der Waals surface area contributed by atoms with Crippen LogP contribution in [0.15, 0.2) is 11.8 Å². The van der Waals surface area contributed by atoms with E-state index in [-0.39, 0.29) is 11.8 Å². The molecule has 16 heavy (non-hydrogen) atoms. The standard InChI is InChI=1S/C12H19NO3/c1-12(2,3)11(15)16-8-9-4-6-13-7-5-10(9)14/h8,13H,4-7H2,1-3H3. The summed E-state index contributed by atoms with van der Waals surface area (Å²) in [6.07, 6.45) is 2.41. The van der Waals surface area contributed by atoms with Crippen LogP contribution in [0.3, 0.4) is 0 Å². The maximum Gasteiger partial charge on any atom is 0.316 e. The lowest BCUT2D eigenvalue weighted by molar-refractivity contribution is -0.147. The highest BCUT2D eigenvalue weighted by Gasteiger charge is 2.23. The van der Waals surface area contributed by atoms with Gasteiger partial charge in [0, 0.05) is 18.5 Å². The minimum Gasteiger partial charge on any atom is -0.434 e. The summed E-state index contributed by atoms with van der Waals surface area (Å²) in [5.74, 6) is -0.253. The highest BCUT2D eigenvalue weighted by molar-refractivity contribution is 5.95. The van der Waals surface area contributed by atoms with Crippen LogP contribution in [-0.2, 0) is 14.3 Å². The van der Waals surface area contributed by atoms with E-state index in [4.69, 9.17) is 4.74 Å². The molecule has 0 bridgehead atoms. The Hall–Kier alpha value is -1.16. The fourth-order valence-corrected chi connectivity index (χ4v) is 1.28. The van der Waals surface area contributed by atoms with Crippen molar-refractivity contribution in [2.45, 2.75) is 33.6 Å². The third kappa shape index (κ3) is 3.77. The van der Waals surface area contributed by atoms with Gasteiger partial charge in [-0.1, -0.05) is 0 Å². The van der Waals surface area contributed by atoms with Crippen LogP contribution in [0.4, 0.5) is 0 Å². The van der Waals surface area contributed by atoms with Crippen molar-refractivity contribution in [3.63, 3.8) is 0 Å². The molecule has 0 aromatic rings. The zero-order chi connectivity index (χ0) is 12.2. The Kier molecular flexibility index (Phi) is 4.24. The number of nitrogens with one attached hydrogen (secondary N) is 1. The molecule has 0 aromatic carbocycles. The quantitative estimate of drug-likeness (QED) is 0.416. The summed E-state index contributed by atoms with van der Waals surface area (Å²) in [4.78, 5) is 23.1. The summed E-state index contributed by atoms with van der Waals surface area (Å²) in [5.41, 5.74) is 0.0610.